The zero-order valence-corrected chi connectivity index (χ0v) is 11.5. The Morgan fingerprint density at radius 2 is 1.67 bits per heavy atom. The average Bonchev–Trinajstić information content (AvgIpc) is 2.46. The van der Waals surface area contributed by atoms with Crippen LogP contribution < -0.4 is 0 Å². The number of hydrogen-bond donors (Lipinski definition) is 1. The quantitative estimate of drug-likeness (QED) is 0.356. The Kier molecular flexibility index (Phi) is 5.65. The second-order valence-corrected chi connectivity index (χ2v) is 4.24. The molecule has 0 bridgehead atoms. The molecule has 8 heteroatoms. The Morgan fingerprint density at radius 1 is 1.19 bits per heavy atom. The second-order valence-electron chi connectivity index (χ2n) is 4.24. The van der Waals surface area contributed by atoms with E-state index in [0.717, 1.165) is 14.2 Å². The van der Waals surface area contributed by atoms with Crippen LogP contribution in [-0.4, -0.2) is 42.7 Å². The molecule has 21 heavy (non-hydrogen) atoms. The number of nitrogens with zero attached hydrogens (tertiary/aromatic N) is 1. The minimum atomic E-state index is -1.45. The number of nitro groups is 1. The van der Waals surface area contributed by atoms with Crippen LogP contribution in [0.15, 0.2) is 24.3 Å². The Morgan fingerprint density at radius 3 is 2.05 bits per heavy atom. The summed E-state index contributed by atoms with van der Waals surface area (Å²) in [5.74, 6) is -4.37. The Bertz CT molecular complexity index is 510. The molecule has 1 aromatic rings. The maximum Gasteiger partial charge on any atom is 0.320 e. The van der Waals surface area contributed by atoms with E-state index in [1.54, 1.807) is 0 Å². The highest BCUT2D eigenvalue weighted by Crippen LogP contribution is 2.28. The highest BCUT2D eigenvalue weighted by molar-refractivity contribution is 5.96. The first-order valence-corrected chi connectivity index (χ1v) is 5.97. The topological polar surface area (TPSA) is 116 Å². The zero-order valence-electron chi connectivity index (χ0n) is 11.5. The van der Waals surface area contributed by atoms with Crippen molar-refractivity contribution in [3.8, 4) is 5.75 Å². The highest BCUT2D eigenvalue weighted by Gasteiger charge is 2.40. The molecule has 0 aliphatic rings. The molecule has 0 unspecified atom stereocenters. The first-order chi connectivity index (χ1) is 9.90. The third-order valence-corrected chi connectivity index (χ3v) is 2.98. The van der Waals surface area contributed by atoms with Gasteiger partial charge in [0.05, 0.1) is 20.1 Å². The van der Waals surface area contributed by atoms with E-state index >= 15 is 0 Å². The molecule has 0 saturated heterocycles. The molecule has 0 heterocycles. The number of carbonyl (C=O) groups is 2. The molecule has 0 aliphatic heterocycles. The van der Waals surface area contributed by atoms with Crippen molar-refractivity contribution in [1.82, 2.24) is 0 Å². The maximum absolute atomic E-state index is 11.8. The fourth-order valence-electron chi connectivity index (χ4n) is 1.96. The summed E-state index contributed by atoms with van der Waals surface area (Å²) >= 11 is 0. The minimum absolute atomic E-state index is 0.0358. The lowest BCUT2D eigenvalue weighted by Crippen LogP contribution is -2.35. The van der Waals surface area contributed by atoms with Gasteiger partial charge in [-0.25, -0.2) is 0 Å². The third-order valence-electron chi connectivity index (χ3n) is 2.98. The maximum atomic E-state index is 11.8. The fourth-order valence-corrected chi connectivity index (χ4v) is 1.96. The van der Waals surface area contributed by atoms with Crippen molar-refractivity contribution in [3.63, 3.8) is 0 Å². The lowest BCUT2D eigenvalue weighted by atomic mass is 9.86. The number of rotatable bonds is 6. The number of benzene rings is 1. The lowest BCUT2D eigenvalue weighted by Gasteiger charge is -2.20. The number of phenols is 1. The van der Waals surface area contributed by atoms with Crippen LogP contribution in [0.5, 0.6) is 5.75 Å². The van der Waals surface area contributed by atoms with Gasteiger partial charge in [0.15, 0.2) is 5.92 Å². The molecular formula is C13H15NO7. The van der Waals surface area contributed by atoms with E-state index < -0.39 is 35.2 Å². The van der Waals surface area contributed by atoms with Gasteiger partial charge < -0.3 is 14.6 Å². The van der Waals surface area contributed by atoms with Crippen LogP contribution in [0.1, 0.15) is 11.5 Å². The van der Waals surface area contributed by atoms with E-state index in [1.807, 2.05) is 0 Å². The van der Waals surface area contributed by atoms with Gasteiger partial charge in [0, 0.05) is 4.92 Å². The van der Waals surface area contributed by atoms with E-state index in [2.05, 4.69) is 9.47 Å². The molecule has 114 valence electrons. The van der Waals surface area contributed by atoms with Crippen molar-refractivity contribution in [3.05, 3.63) is 39.9 Å². The number of phenolic OH excluding ortho intramolecular Hbond substituents is 1. The Balaban J connectivity index is 3.25. The summed E-state index contributed by atoms with van der Waals surface area (Å²) in [7, 11) is 2.16. The molecule has 0 saturated carbocycles. The van der Waals surface area contributed by atoms with Crippen LogP contribution in [0, 0.1) is 16.0 Å². The Hall–Kier alpha value is -2.64. The summed E-state index contributed by atoms with van der Waals surface area (Å²) in [5, 5.41) is 20.1. The van der Waals surface area contributed by atoms with E-state index in [0.29, 0.717) is 5.56 Å². The number of esters is 2. The number of aromatic hydroxyl groups is 1. The highest BCUT2D eigenvalue weighted by atomic mass is 16.6. The van der Waals surface area contributed by atoms with Crippen LogP contribution in [-0.2, 0) is 19.1 Å². The molecule has 0 aliphatic carbocycles. The van der Waals surface area contributed by atoms with Gasteiger partial charge >= 0.3 is 11.9 Å². The van der Waals surface area contributed by atoms with Crippen molar-refractivity contribution >= 4 is 11.9 Å². The van der Waals surface area contributed by atoms with Gasteiger partial charge in [-0.3, -0.25) is 19.7 Å². The summed E-state index contributed by atoms with van der Waals surface area (Å²) in [5.41, 5.74) is 0.352. The Labute approximate surface area is 120 Å². The SMILES string of the molecule is COC(=O)C(C(=O)OC)[C@H](C[N+](=O)[O-])c1ccc(O)cc1. The van der Waals surface area contributed by atoms with E-state index in [9.17, 15) is 24.8 Å². The van der Waals surface area contributed by atoms with Crippen LogP contribution >= 0.6 is 0 Å². The number of carbonyl (C=O) groups excluding carboxylic acids is 2. The molecule has 0 amide bonds. The average molecular weight is 297 g/mol. The molecule has 0 radical (unpaired) electrons. The van der Waals surface area contributed by atoms with Crippen molar-refractivity contribution in [1.29, 1.82) is 0 Å². The van der Waals surface area contributed by atoms with Crippen molar-refractivity contribution in [2.24, 2.45) is 5.92 Å². The normalized spacial score (nSPS) is 11.8. The number of methoxy groups -OCH3 is 2. The van der Waals surface area contributed by atoms with Gasteiger partial charge in [0.25, 0.3) is 0 Å². The van der Waals surface area contributed by atoms with E-state index in [1.165, 1.54) is 24.3 Å². The molecule has 1 rings (SSSR count). The fraction of sp³-hybridized carbons (Fsp3) is 0.385. The van der Waals surface area contributed by atoms with Crippen molar-refractivity contribution in [2.75, 3.05) is 20.8 Å². The molecule has 1 aromatic carbocycles. The summed E-state index contributed by atoms with van der Waals surface area (Å²) in [4.78, 5) is 33.8. The van der Waals surface area contributed by atoms with Crippen LogP contribution in [0.4, 0.5) is 0 Å². The zero-order chi connectivity index (χ0) is 16.0. The van der Waals surface area contributed by atoms with Gasteiger partial charge in [-0.1, -0.05) is 12.1 Å². The lowest BCUT2D eigenvalue weighted by molar-refractivity contribution is -0.484. The first kappa shape index (κ1) is 16.4. The monoisotopic (exact) mass is 297 g/mol. The van der Waals surface area contributed by atoms with Gasteiger partial charge in [-0.15, -0.1) is 0 Å². The van der Waals surface area contributed by atoms with Gasteiger partial charge in [0.2, 0.25) is 6.54 Å². The molecule has 0 aromatic heterocycles. The predicted molar refractivity (Wildman–Crippen MR) is 70.2 cm³/mol. The molecule has 8 nitrogen and oxygen atoms in total. The van der Waals surface area contributed by atoms with Crippen LogP contribution in [0.3, 0.4) is 0 Å². The molecule has 1 atom stereocenters. The number of hydrogen-bond acceptors (Lipinski definition) is 7. The summed E-state index contributed by atoms with van der Waals surface area (Å²) in [6.07, 6.45) is 0. The number of ether oxygens (including phenoxy) is 2. The van der Waals surface area contributed by atoms with Crippen LogP contribution in [0.25, 0.3) is 0 Å². The summed E-state index contributed by atoms with van der Waals surface area (Å²) in [6.45, 7) is -0.653. The molecular weight excluding hydrogens is 282 g/mol. The van der Waals surface area contributed by atoms with Gasteiger partial charge in [0.1, 0.15) is 5.75 Å². The smallest absolute Gasteiger partial charge is 0.320 e. The van der Waals surface area contributed by atoms with E-state index in [-0.39, 0.29) is 5.75 Å². The molecule has 0 spiro atoms. The van der Waals surface area contributed by atoms with Crippen LogP contribution in [0.2, 0.25) is 0 Å². The molecule has 0 fully saturated rings. The summed E-state index contributed by atoms with van der Waals surface area (Å²) in [6, 6.07) is 5.44. The minimum Gasteiger partial charge on any atom is -0.508 e. The third kappa shape index (κ3) is 4.16. The predicted octanol–water partition coefficient (Wildman–Crippen LogP) is 0.715. The van der Waals surface area contributed by atoms with Crippen molar-refractivity contribution < 1.29 is 29.1 Å². The molecule has 1 N–H and O–H groups in total. The summed E-state index contributed by atoms with van der Waals surface area (Å²) < 4.78 is 9.06. The first-order valence-electron chi connectivity index (χ1n) is 5.97. The largest absolute Gasteiger partial charge is 0.508 e. The van der Waals surface area contributed by atoms with Gasteiger partial charge in [-0.2, -0.15) is 0 Å². The van der Waals surface area contributed by atoms with Gasteiger partial charge in [-0.05, 0) is 17.7 Å². The standard InChI is InChI=1S/C13H15NO7/c1-20-12(16)11(13(17)21-2)10(7-14(18)19)8-3-5-9(15)6-4-8/h3-6,10-11,15H,7H2,1-2H3/t10-/m1/s1. The van der Waals surface area contributed by atoms with E-state index in [4.69, 9.17) is 0 Å². The second kappa shape index (κ2) is 7.22. The van der Waals surface area contributed by atoms with Crippen molar-refractivity contribution in [2.45, 2.75) is 5.92 Å².